The summed E-state index contributed by atoms with van der Waals surface area (Å²) in [5.41, 5.74) is 0. The number of aliphatic hydroxyl groups is 1. The molecular weight excluding hydrogens is 196 g/mol. The first-order chi connectivity index (χ1) is 7.33. The Bertz CT molecular complexity index is 184. The number of ether oxygens (including phenoxy) is 1. The Morgan fingerprint density at radius 2 is 2.20 bits per heavy atom. The van der Waals surface area contributed by atoms with Crippen molar-refractivity contribution in [1.29, 1.82) is 0 Å². The number of rotatable bonds is 7. The molecule has 2 amide bonds. The molecule has 0 saturated heterocycles. The summed E-state index contributed by atoms with van der Waals surface area (Å²) in [6.07, 6.45) is 4.21. The Kier molecular flexibility index (Phi) is 6.11. The van der Waals surface area contributed by atoms with E-state index >= 15 is 0 Å². The summed E-state index contributed by atoms with van der Waals surface area (Å²) in [7, 11) is 0. The second-order valence-corrected chi connectivity index (χ2v) is 3.72. The molecule has 0 aromatic carbocycles. The molecule has 1 rings (SSSR count). The molecule has 0 heterocycles. The molecule has 0 spiro atoms. The first-order valence-electron chi connectivity index (χ1n) is 5.56. The van der Waals surface area contributed by atoms with Gasteiger partial charge in [-0.1, -0.05) is 0 Å². The Balaban J connectivity index is 1.83. The molecule has 1 aliphatic rings. The summed E-state index contributed by atoms with van der Waals surface area (Å²) in [6, 6.07) is 0.303. The molecule has 88 valence electrons. The fraction of sp³-hybridized carbons (Fsp3) is 0.900. The number of nitrogens with one attached hydrogen (secondary N) is 2. The van der Waals surface area contributed by atoms with Gasteiger partial charge in [0.25, 0.3) is 0 Å². The van der Waals surface area contributed by atoms with Gasteiger partial charge in [-0.15, -0.1) is 0 Å². The predicted molar refractivity (Wildman–Crippen MR) is 56.7 cm³/mol. The molecule has 0 atom stereocenters. The second-order valence-electron chi connectivity index (χ2n) is 3.72. The molecule has 15 heavy (non-hydrogen) atoms. The van der Waals surface area contributed by atoms with Gasteiger partial charge in [0.15, 0.2) is 0 Å². The van der Waals surface area contributed by atoms with Crippen molar-refractivity contribution < 1.29 is 14.6 Å². The minimum atomic E-state index is -0.0816. The van der Waals surface area contributed by atoms with Crippen molar-refractivity contribution in [2.24, 2.45) is 0 Å². The molecule has 5 nitrogen and oxygen atoms in total. The molecule has 0 aromatic rings. The molecule has 0 aromatic heterocycles. The normalized spacial score (nSPS) is 15.8. The van der Waals surface area contributed by atoms with Crippen molar-refractivity contribution in [1.82, 2.24) is 10.6 Å². The zero-order valence-corrected chi connectivity index (χ0v) is 9.00. The van der Waals surface area contributed by atoms with Crippen LogP contribution in [0.15, 0.2) is 0 Å². The van der Waals surface area contributed by atoms with Gasteiger partial charge in [-0.3, -0.25) is 0 Å². The highest BCUT2D eigenvalue weighted by molar-refractivity contribution is 5.74. The van der Waals surface area contributed by atoms with Crippen LogP contribution in [0.4, 0.5) is 4.79 Å². The molecular formula is C10H20N2O3. The lowest BCUT2D eigenvalue weighted by molar-refractivity contribution is 0.0909. The van der Waals surface area contributed by atoms with Crippen LogP contribution in [0.2, 0.25) is 0 Å². The van der Waals surface area contributed by atoms with Crippen LogP contribution in [0.3, 0.4) is 0 Å². The maximum absolute atomic E-state index is 11.2. The van der Waals surface area contributed by atoms with Gasteiger partial charge in [-0.25, -0.2) is 4.79 Å². The highest BCUT2D eigenvalue weighted by atomic mass is 16.5. The molecule has 0 bridgehead atoms. The first-order valence-corrected chi connectivity index (χ1v) is 5.56. The lowest BCUT2D eigenvalue weighted by Crippen LogP contribution is -2.45. The Hall–Kier alpha value is -0.810. The van der Waals surface area contributed by atoms with Crippen LogP contribution in [0, 0.1) is 0 Å². The average Bonchev–Trinajstić information content (AvgIpc) is 2.17. The van der Waals surface area contributed by atoms with E-state index in [0.717, 1.165) is 19.3 Å². The summed E-state index contributed by atoms with van der Waals surface area (Å²) in [5.74, 6) is 0. The largest absolute Gasteiger partial charge is 0.394 e. The van der Waals surface area contributed by atoms with Gasteiger partial charge in [-0.05, 0) is 25.7 Å². The van der Waals surface area contributed by atoms with E-state index < -0.39 is 0 Å². The second kappa shape index (κ2) is 7.48. The monoisotopic (exact) mass is 216 g/mol. The number of carbonyl (C=O) groups excluding carboxylic acids is 1. The van der Waals surface area contributed by atoms with Gasteiger partial charge in [-0.2, -0.15) is 0 Å². The quantitative estimate of drug-likeness (QED) is 0.534. The first kappa shape index (κ1) is 12.3. The summed E-state index contributed by atoms with van der Waals surface area (Å²) >= 11 is 0. The van der Waals surface area contributed by atoms with E-state index in [0.29, 0.717) is 25.8 Å². The van der Waals surface area contributed by atoms with Gasteiger partial charge in [0.05, 0.1) is 13.2 Å². The number of urea groups is 1. The maximum Gasteiger partial charge on any atom is 0.315 e. The van der Waals surface area contributed by atoms with Crippen LogP contribution in [0.5, 0.6) is 0 Å². The molecule has 3 N–H and O–H groups in total. The van der Waals surface area contributed by atoms with Crippen LogP contribution in [0.25, 0.3) is 0 Å². The average molecular weight is 216 g/mol. The smallest absolute Gasteiger partial charge is 0.315 e. The Morgan fingerprint density at radius 3 is 2.80 bits per heavy atom. The van der Waals surface area contributed by atoms with Crippen molar-refractivity contribution in [3.05, 3.63) is 0 Å². The zero-order valence-electron chi connectivity index (χ0n) is 9.00. The Morgan fingerprint density at radius 1 is 1.40 bits per heavy atom. The van der Waals surface area contributed by atoms with Gasteiger partial charge < -0.3 is 20.5 Å². The molecule has 5 heteroatoms. The molecule has 0 radical (unpaired) electrons. The van der Waals surface area contributed by atoms with Crippen molar-refractivity contribution in [2.45, 2.75) is 31.7 Å². The van der Waals surface area contributed by atoms with Crippen LogP contribution in [-0.4, -0.2) is 43.5 Å². The minimum absolute atomic E-state index is 0.0512. The van der Waals surface area contributed by atoms with E-state index in [1.165, 1.54) is 6.42 Å². The zero-order chi connectivity index (χ0) is 10.9. The third kappa shape index (κ3) is 5.59. The summed E-state index contributed by atoms with van der Waals surface area (Å²) in [4.78, 5) is 11.2. The topological polar surface area (TPSA) is 70.6 Å². The third-order valence-electron chi connectivity index (χ3n) is 2.43. The molecule has 0 unspecified atom stereocenters. The molecule has 1 aliphatic carbocycles. The van der Waals surface area contributed by atoms with E-state index in [-0.39, 0.29) is 12.6 Å². The lowest BCUT2D eigenvalue weighted by atomic mass is 9.93. The molecule has 1 fully saturated rings. The molecule has 0 aliphatic heterocycles. The van der Waals surface area contributed by atoms with Crippen LogP contribution >= 0.6 is 0 Å². The van der Waals surface area contributed by atoms with E-state index in [9.17, 15) is 4.79 Å². The predicted octanol–water partition coefficient (Wildman–Crippen LogP) is 0.237. The van der Waals surface area contributed by atoms with Crippen LogP contribution < -0.4 is 10.6 Å². The van der Waals surface area contributed by atoms with Crippen molar-refractivity contribution in [3.63, 3.8) is 0 Å². The standard InChI is InChI=1S/C10H20N2O3/c13-6-8-15-7-2-5-11-10(14)12-9-3-1-4-9/h9,13H,1-8H2,(H2,11,12,14). The summed E-state index contributed by atoms with van der Waals surface area (Å²) in [5, 5.41) is 14.1. The summed E-state index contributed by atoms with van der Waals surface area (Å²) < 4.78 is 5.06. The van der Waals surface area contributed by atoms with Gasteiger partial charge in [0, 0.05) is 19.2 Å². The molecule has 1 saturated carbocycles. The maximum atomic E-state index is 11.2. The number of carbonyl (C=O) groups is 1. The van der Waals surface area contributed by atoms with Gasteiger partial charge in [0.1, 0.15) is 0 Å². The third-order valence-corrected chi connectivity index (χ3v) is 2.43. The number of hydrogen-bond donors (Lipinski definition) is 3. The fourth-order valence-corrected chi connectivity index (χ4v) is 1.33. The van der Waals surface area contributed by atoms with E-state index in [2.05, 4.69) is 10.6 Å². The fourth-order valence-electron chi connectivity index (χ4n) is 1.33. The van der Waals surface area contributed by atoms with Crippen LogP contribution in [0.1, 0.15) is 25.7 Å². The van der Waals surface area contributed by atoms with Crippen molar-refractivity contribution in [2.75, 3.05) is 26.4 Å². The van der Waals surface area contributed by atoms with E-state index in [1.807, 2.05) is 0 Å². The van der Waals surface area contributed by atoms with Gasteiger partial charge in [0.2, 0.25) is 0 Å². The van der Waals surface area contributed by atoms with Crippen molar-refractivity contribution >= 4 is 6.03 Å². The van der Waals surface area contributed by atoms with E-state index in [1.54, 1.807) is 0 Å². The number of hydrogen-bond acceptors (Lipinski definition) is 3. The lowest BCUT2D eigenvalue weighted by Gasteiger charge is -2.26. The highest BCUT2D eigenvalue weighted by Gasteiger charge is 2.18. The Labute approximate surface area is 90.2 Å². The van der Waals surface area contributed by atoms with Gasteiger partial charge >= 0.3 is 6.03 Å². The number of amides is 2. The van der Waals surface area contributed by atoms with Crippen LogP contribution in [-0.2, 0) is 4.74 Å². The SMILES string of the molecule is O=C(NCCCOCCO)NC1CCC1. The summed E-state index contributed by atoms with van der Waals surface area (Å²) in [6.45, 7) is 1.61. The number of aliphatic hydroxyl groups excluding tert-OH is 1. The van der Waals surface area contributed by atoms with Crippen molar-refractivity contribution in [3.8, 4) is 0 Å². The van der Waals surface area contributed by atoms with E-state index in [4.69, 9.17) is 9.84 Å². The highest BCUT2D eigenvalue weighted by Crippen LogP contribution is 2.17. The minimum Gasteiger partial charge on any atom is -0.394 e.